The molecule has 0 amide bonds. The second kappa shape index (κ2) is 5.39. The highest BCUT2D eigenvalue weighted by molar-refractivity contribution is 8.00. The van der Waals surface area contributed by atoms with Crippen LogP contribution < -0.4 is 0 Å². The van der Waals surface area contributed by atoms with Gasteiger partial charge in [0.05, 0.1) is 11.6 Å². The van der Waals surface area contributed by atoms with E-state index in [0.717, 1.165) is 11.2 Å². The zero-order valence-corrected chi connectivity index (χ0v) is 9.31. The number of halogens is 1. The van der Waals surface area contributed by atoms with Crippen LogP contribution in [0.15, 0.2) is 23.1 Å². The molecule has 0 aliphatic heterocycles. The van der Waals surface area contributed by atoms with E-state index in [0.29, 0.717) is 10.6 Å². The summed E-state index contributed by atoms with van der Waals surface area (Å²) in [4.78, 5) is 11.5. The van der Waals surface area contributed by atoms with E-state index in [1.54, 1.807) is 18.2 Å². The van der Waals surface area contributed by atoms with Gasteiger partial charge in [0.15, 0.2) is 6.29 Å². The molecule has 0 saturated carbocycles. The van der Waals surface area contributed by atoms with Crippen LogP contribution in [0.5, 0.6) is 0 Å². The average Bonchev–Trinajstić information content (AvgIpc) is 2.20. The van der Waals surface area contributed by atoms with Gasteiger partial charge in [-0.3, -0.25) is 4.79 Å². The van der Waals surface area contributed by atoms with Gasteiger partial charge in [0.1, 0.15) is 0 Å². The average molecular weight is 231 g/mol. The fourth-order valence-corrected chi connectivity index (χ4v) is 2.21. The monoisotopic (exact) mass is 230 g/mol. The van der Waals surface area contributed by atoms with Crippen LogP contribution >= 0.6 is 23.4 Å². The predicted octanol–water partition coefficient (Wildman–Crippen LogP) is 2.63. The maximum Gasteiger partial charge on any atom is 0.151 e. The molecule has 0 heterocycles. The van der Waals surface area contributed by atoms with Crippen molar-refractivity contribution in [1.82, 2.24) is 0 Å². The molecule has 1 N–H and O–H groups in total. The number of carbonyl (C=O) groups excluding carboxylic acids is 1. The molecule has 0 fully saturated rings. The van der Waals surface area contributed by atoms with Gasteiger partial charge in [-0.1, -0.05) is 30.7 Å². The smallest absolute Gasteiger partial charge is 0.151 e. The number of aldehydes is 1. The number of aliphatic hydroxyl groups excluding tert-OH is 1. The van der Waals surface area contributed by atoms with Crippen LogP contribution in [0.2, 0.25) is 5.02 Å². The summed E-state index contributed by atoms with van der Waals surface area (Å²) >= 11 is 7.36. The molecule has 76 valence electrons. The standard InChI is InChI=1S/C10H11ClO2S/c1-7(5-12)14-10-8(6-13)3-2-4-9(10)11/h2-4,6-7,12H,5H2,1H3. The van der Waals surface area contributed by atoms with Crippen molar-refractivity contribution in [3.05, 3.63) is 28.8 Å². The molecule has 4 heteroatoms. The summed E-state index contributed by atoms with van der Waals surface area (Å²) in [6.45, 7) is 1.94. The Labute approximate surface area is 92.3 Å². The van der Waals surface area contributed by atoms with Crippen LogP contribution in [0, 0.1) is 0 Å². The Bertz CT molecular complexity index is 328. The lowest BCUT2D eigenvalue weighted by molar-refractivity contribution is 0.112. The lowest BCUT2D eigenvalue weighted by Gasteiger charge is -2.10. The number of rotatable bonds is 4. The molecule has 0 saturated heterocycles. The molecule has 0 aromatic heterocycles. The van der Waals surface area contributed by atoms with E-state index in [2.05, 4.69) is 0 Å². The Morgan fingerprint density at radius 2 is 2.36 bits per heavy atom. The highest BCUT2D eigenvalue weighted by Crippen LogP contribution is 2.32. The third-order valence-electron chi connectivity index (χ3n) is 1.70. The van der Waals surface area contributed by atoms with Crippen molar-refractivity contribution >= 4 is 29.6 Å². The topological polar surface area (TPSA) is 37.3 Å². The minimum Gasteiger partial charge on any atom is -0.395 e. The van der Waals surface area contributed by atoms with Crippen LogP contribution in [0.3, 0.4) is 0 Å². The van der Waals surface area contributed by atoms with Crippen molar-refractivity contribution in [2.24, 2.45) is 0 Å². The summed E-state index contributed by atoms with van der Waals surface area (Å²) in [7, 11) is 0. The van der Waals surface area contributed by atoms with Gasteiger partial charge < -0.3 is 5.11 Å². The molecule has 14 heavy (non-hydrogen) atoms. The van der Waals surface area contributed by atoms with Gasteiger partial charge in [-0.2, -0.15) is 0 Å². The van der Waals surface area contributed by atoms with Gasteiger partial charge in [-0.15, -0.1) is 11.8 Å². The van der Waals surface area contributed by atoms with Crippen molar-refractivity contribution < 1.29 is 9.90 Å². The van der Waals surface area contributed by atoms with Crippen LogP contribution in [0.25, 0.3) is 0 Å². The summed E-state index contributed by atoms with van der Waals surface area (Å²) in [5.41, 5.74) is 0.572. The van der Waals surface area contributed by atoms with E-state index in [4.69, 9.17) is 16.7 Å². The molecule has 0 radical (unpaired) electrons. The quantitative estimate of drug-likeness (QED) is 0.638. The third kappa shape index (κ3) is 2.74. The summed E-state index contributed by atoms with van der Waals surface area (Å²) in [6, 6.07) is 5.19. The Balaban J connectivity index is 2.98. The SMILES string of the molecule is CC(CO)Sc1c(Cl)cccc1C=O. The molecule has 0 aliphatic rings. The van der Waals surface area contributed by atoms with E-state index >= 15 is 0 Å². The Hall–Kier alpha value is -0.510. The molecule has 1 aromatic carbocycles. The first-order valence-corrected chi connectivity index (χ1v) is 5.46. The van der Waals surface area contributed by atoms with Crippen LogP contribution in [0.1, 0.15) is 17.3 Å². The van der Waals surface area contributed by atoms with Gasteiger partial charge in [0.25, 0.3) is 0 Å². The molecular formula is C10H11ClO2S. The molecule has 2 nitrogen and oxygen atoms in total. The molecular weight excluding hydrogens is 220 g/mol. The number of hydrogen-bond acceptors (Lipinski definition) is 3. The zero-order chi connectivity index (χ0) is 10.6. The first-order chi connectivity index (χ1) is 6.69. The fraction of sp³-hybridized carbons (Fsp3) is 0.300. The summed E-state index contributed by atoms with van der Waals surface area (Å²) in [5.74, 6) is 0. The maximum absolute atomic E-state index is 10.7. The van der Waals surface area contributed by atoms with Gasteiger partial charge in [-0.25, -0.2) is 0 Å². The maximum atomic E-state index is 10.7. The highest BCUT2D eigenvalue weighted by Gasteiger charge is 2.10. The van der Waals surface area contributed by atoms with Crippen LogP contribution in [-0.2, 0) is 0 Å². The van der Waals surface area contributed by atoms with Crippen molar-refractivity contribution in [1.29, 1.82) is 0 Å². The molecule has 0 aliphatic carbocycles. The Morgan fingerprint density at radius 3 is 2.93 bits per heavy atom. The Morgan fingerprint density at radius 1 is 1.64 bits per heavy atom. The minimum atomic E-state index is 0.0357. The second-order valence-corrected chi connectivity index (χ2v) is 4.74. The fourth-order valence-electron chi connectivity index (χ4n) is 0.981. The van der Waals surface area contributed by atoms with Crippen molar-refractivity contribution in [3.8, 4) is 0 Å². The van der Waals surface area contributed by atoms with Gasteiger partial charge in [-0.05, 0) is 6.07 Å². The third-order valence-corrected chi connectivity index (χ3v) is 3.37. The lowest BCUT2D eigenvalue weighted by Crippen LogP contribution is -2.02. The summed E-state index contributed by atoms with van der Waals surface area (Å²) < 4.78 is 0. The summed E-state index contributed by atoms with van der Waals surface area (Å²) in [6.07, 6.45) is 0.776. The van der Waals surface area contributed by atoms with Crippen molar-refractivity contribution in [3.63, 3.8) is 0 Å². The normalized spacial score (nSPS) is 12.5. The molecule has 0 bridgehead atoms. The van der Waals surface area contributed by atoms with E-state index in [9.17, 15) is 4.79 Å². The zero-order valence-electron chi connectivity index (χ0n) is 7.74. The van der Waals surface area contributed by atoms with Crippen molar-refractivity contribution in [2.75, 3.05) is 6.61 Å². The predicted molar refractivity (Wildman–Crippen MR) is 59.2 cm³/mol. The largest absolute Gasteiger partial charge is 0.395 e. The van der Waals surface area contributed by atoms with E-state index in [-0.39, 0.29) is 11.9 Å². The van der Waals surface area contributed by atoms with Crippen molar-refractivity contribution in [2.45, 2.75) is 17.1 Å². The number of thioether (sulfide) groups is 1. The van der Waals surface area contributed by atoms with E-state index in [1.807, 2.05) is 6.92 Å². The van der Waals surface area contributed by atoms with E-state index < -0.39 is 0 Å². The second-order valence-electron chi connectivity index (χ2n) is 2.89. The molecule has 0 spiro atoms. The van der Waals surface area contributed by atoms with Gasteiger partial charge >= 0.3 is 0 Å². The molecule has 1 unspecified atom stereocenters. The Kier molecular flexibility index (Phi) is 4.45. The molecule has 1 aromatic rings. The number of carbonyl (C=O) groups is 1. The number of aliphatic hydroxyl groups is 1. The van der Waals surface area contributed by atoms with Gasteiger partial charge in [0.2, 0.25) is 0 Å². The molecule has 1 atom stereocenters. The number of benzene rings is 1. The first kappa shape index (κ1) is 11.6. The van der Waals surface area contributed by atoms with Gasteiger partial charge in [0, 0.05) is 15.7 Å². The minimum absolute atomic E-state index is 0.0357. The highest BCUT2D eigenvalue weighted by atomic mass is 35.5. The van der Waals surface area contributed by atoms with Crippen LogP contribution in [0.4, 0.5) is 0 Å². The first-order valence-electron chi connectivity index (χ1n) is 4.20. The van der Waals surface area contributed by atoms with E-state index in [1.165, 1.54) is 11.8 Å². The number of hydrogen-bond donors (Lipinski definition) is 1. The summed E-state index contributed by atoms with van der Waals surface area (Å²) in [5, 5.41) is 9.49. The van der Waals surface area contributed by atoms with Crippen LogP contribution in [-0.4, -0.2) is 23.2 Å². The molecule has 1 rings (SSSR count). The lowest BCUT2D eigenvalue weighted by atomic mass is 10.2.